The van der Waals surface area contributed by atoms with E-state index in [-0.39, 0.29) is 5.75 Å². The summed E-state index contributed by atoms with van der Waals surface area (Å²) >= 11 is 0. The fourth-order valence-corrected chi connectivity index (χ4v) is 1.70. The first-order chi connectivity index (χ1) is 8.08. The number of hydrogen-bond donors (Lipinski definition) is 2. The van der Waals surface area contributed by atoms with Crippen molar-refractivity contribution < 1.29 is 15.0 Å². The van der Waals surface area contributed by atoms with Crippen molar-refractivity contribution in [3.63, 3.8) is 0 Å². The van der Waals surface area contributed by atoms with Gasteiger partial charge in [0.2, 0.25) is 5.95 Å². The number of hydrogen-bond acceptors (Lipinski definition) is 5. The third-order valence-electron chi connectivity index (χ3n) is 2.77. The molecule has 1 aromatic rings. The second kappa shape index (κ2) is 4.44. The summed E-state index contributed by atoms with van der Waals surface area (Å²) in [7, 11) is 0. The Labute approximate surface area is 98.3 Å². The van der Waals surface area contributed by atoms with Gasteiger partial charge in [0.05, 0.1) is 11.9 Å². The van der Waals surface area contributed by atoms with E-state index in [4.69, 9.17) is 5.11 Å². The fourth-order valence-electron chi connectivity index (χ4n) is 1.70. The van der Waals surface area contributed by atoms with Gasteiger partial charge in [0.25, 0.3) is 0 Å². The van der Waals surface area contributed by atoms with Crippen molar-refractivity contribution in [2.24, 2.45) is 0 Å². The zero-order chi connectivity index (χ0) is 12.4. The zero-order valence-corrected chi connectivity index (χ0v) is 9.50. The van der Waals surface area contributed by atoms with E-state index in [0.29, 0.717) is 37.8 Å². The van der Waals surface area contributed by atoms with E-state index in [1.165, 1.54) is 11.1 Å². The highest BCUT2D eigenvalue weighted by Gasteiger charge is 2.22. The molecule has 0 unspecified atom stereocenters. The van der Waals surface area contributed by atoms with Gasteiger partial charge in [-0.2, -0.15) is 0 Å². The molecule has 2 heterocycles. The van der Waals surface area contributed by atoms with Crippen LogP contribution in [0, 0.1) is 6.92 Å². The van der Waals surface area contributed by atoms with Gasteiger partial charge >= 0.3 is 6.09 Å². The van der Waals surface area contributed by atoms with Crippen LogP contribution in [-0.4, -0.2) is 57.4 Å². The predicted octanol–water partition coefficient (Wildman–Crippen LogP) is 0.291. The SMILES string of the molecule is Cc1nc(N2CCN(C(=O)O)CC2)ncc1O. The topological polar surface area (TPSA) is 89.8 Å². The van der Waals surface area contributed by atoms with Crippen LogP contribution in [0.25, 0.3) is 0 Å². The predicted molar refractivity (Wildman–Crippen MR) is 60.2 cm³/mol. The summed E-state index contributed by atoms with van der Waals surface area (Å²) in [5.74, 6) is 0.600. The first kappa shape index (κ1) is 11.4. The number of nitrogens with zero attached hydrogens (tertiary/aromatic N) is 4. The zero-order valence-electron chi connectivity index (χ0n) is 9.50. The number of carbonyl (C=O) groups is 1. The summed E-state index contributed by atoms with van der Waals surface area (Å²) in [6, 6.07) is 0. The quantitative estimate of drug-likeness (QED) is 0.731. The van der Waals surface area contributed by atoms with E-state index in [0.717, 1.165) is 0 Å². The van der Waals surface area contributed by atoms with Gasteiger partial charge < -0.3 is 20.0 Å². The van der Waals surface area contributed by atoms with Gasteiger partial charge in [-0.3, -0.25) is 0 Å². The van der Waals surface area contributed by atoms with Gasteiger partial charge in [0.15, 0.2) is 5.75 Å². The lowest BCUT2D eigenvalue weighted by Gasteiger charge is -2.33. The van der Waals surface area contributed by atoms with Gasteiger partial charge in [-0.05, 0) is 6.92 Å². The molecule has 17 heavy (non-hydrogen) atoms. The van der Waals surface area contributed by atoms with Gasteiger partial charge in [0, 0.05) is 26.2 Å². The van der Waals surface area contributed by atoms with Gasteiger partial charge in [-0.25, -0.2) is 14.8 Å². The number of aromatic hydroxyl groups is 1. The Kier molecular flexibility index (Phi) is 2.99. The van der Waals surface area contributed by atoms with Crippen LogP contribution >= 0.6 is 0 Å². The number of aromatic nitrogens is 2. The standard InChI is InChI=1S/C10H14N4O3/c1-7-8(15)6-11-9(12-7)13-2-4-14(5-3-13)10(16)17/h6,15H,2-5H2,1H3,(H,16,17). The Morgan fingerprint density at radius 2 is 2.00 bits per heavy atom. The van der Waals surface area contributed by atoms with Gasteiger partial charge in [-0.15, -0.1) is 0 Å². The van der Waals surface area contributed by atoms with E-state index in [9.17, 15) is 9.90 Å². The van der Waals surface area contributed by atoms with Crippen molar-refractivity contribution >= 4 is 12.0 Å². The summed E-state index contributed by atoms with van der Waals surface area (Å²) in [5.41, 5.74) is 0.524. The molecule has 0 aliphatic carbocycles. The molecule has 0 saturated carbocycles. The lowest BCUT2D eigenvalue weighted by Crippen LogP contribution is -2.48. The molecule has 0 radical (unpaired) electrons. The minimum atomic E-state index is -0.896. The van der Waals surface area contributed by atoms with E-state index >= 15 is 0 Å². The van der Waals surface area contributed by atoms with E-state index in [2.05, 4.69) is 9.97 Å². The molecule has 0 aromatic carbocycles. The number of rotatable bonds is 1. The molecule has 7 nitrogen and oxygen atoms in total. The Morgan fingerprint density at radius 1 is 1.35 bits per heavy atom. The maximum absolute atomic E-state index is 10.7. The number of aryl methyl sites for hydroxylation is 1. The van der Waals surface area contributed by atoms with Crippen molar-refractivity contribution in [3.8, 4) is 5.75 Å². The average molecular weight is 238 g/mol. The van der Waals surface area contributed by atoms with E-state index < -0.39 is 6.09 Å². The van der Waals surface area contributed by atoms with Crippen molar-refractivity contribution in [3.05, 3.63) is 11.9 Å². The molecule has 0 spiro atoms. The molecule has 1 aliphatic heterocycles. The molecule has 2 rings (SSSR count). The molecule has 7 heteroatoms. The summed E-state index contributed by atoms with van der Waals surface area (Å²) in [6.45, 7) is 3.72. The highest BCUT2D eigenvalue weighted by atomic mass is 16.4. The van der Waals surface area contributed by atoms with Crippen LogP contribution in [-0.2, 0) is 0 Å². The first-order valence-corrected chi connectivity index (χ1v) is 5.33. The normalized spacial score (nSPS) is 16.1. The number of piperazine rings is 1. The molecule has 0 bridgehead atoms. The molecule has 1 aromatic heterocycles. The summed E-state index contributed by atoms with van der Waals surface area (Å²) < 4.78 is 0. The molecule has 92 valence electrons. The Morgan fingerprint density at radius 3 is 2.53 bits per heavy atom. The Hall–Kier alpha value is -2.05. The van der Waals surface area contributed by atoms with Crippen LogP contribution in [0.3, 0.4) is 0 Å². The van der Waals surface area contributed by atoms with Crippen molar-refractivity contribution in [1.29, 1.82) is 0 Å². The average Bonchev–Trinajstić information content (AvgIpc) is 2.33. The molecule has 0 atom stereocenters. The van der Waals surface area contributed by atoms with E-state index in [1.807, 2.05) is 4.90 Å². The van der Waals surface area contributed by atoms with Crippen LogP contribution in [0.1, 0.15) is 5.69 Å². The Balaban J connectivity index is 2.05. The van der Waals surface area contributed by atoms with E-state index in [1.54, 1.807) is 6.92 Å². The van der Waals surface area contributed by atoms with Crippen LogP contribution < -0.4 is 4.90 Å². The van der Waals surface area contributed by atoms with Gasteiger partial charge in [-0.1, -0.05) is 0 Å². The molecular weight excluding hydrogens is 224 g/mol. The van der Waals surface area contributed by atoms with Crippen LogP contribution in [0.4, 0.5) is 10.7 Å². The maximum atomic E-state index is 10.7. The molecule has 1 amide bonds. The molecule has 1 fully saturated rings. The summed E-state index contributed by atoms with van der Waals surface area (Å²) in [6.07, 6.45) is 0.466. The minimum Gasteiger partial charge on any atom is -0.504 e. The monoisotopic (exact) mass is 238 g/mol. The van der Waals surface area contributed by atoms with Crippen molar-refractivity contribution in [2.45, 2.75) is 6.92 Å². The molecule has 1 saturated heterocycles. The largest absolute Gasteiger partial charge is 0.504 e. The second-order valence-electron chi connectivity index (χ2n) is 3.90. The maximum Gasteiger partial charge on any atom is 0.407 e. The number of amides is 1. The molecule has 2 N–H and O–H groups in total. The van der Waals surface area contributed by atoms with Crippen molar-refractivity contribution in [2.75, 3.05) is 31.1 Å². The lowest BCUT2D eigenvalue weighted by atomic mass is 10.3. The summed E-state index contributed by atoms with van der Waals surface area (Å²) in [4.78, 5) is 22.2. The van der Waals surface area contributed by atoms with Gasteiger partial charge in [0.1, 0.15) is 0 Å². The minimum absolute atomic E-state index is 0.0675. The summed E-state index contributed by atoms with van der Waals surface area (Å²) in [5, 5.41) is 18.1. The van der Waals surface area contributed by atoms with Crippen LogP contribution in [0.15, 0.2) is 6.20 Å². The number of anilines is 1. The third kappa shape index (κ3) is 2.38. The number of carboxylic acid groups (broad SMARTS) is 1. The Bertz CT molecular complexity index is 430. The second-order valence-corrected chi connectivity index (χ2v) is 3.90. The first-order valence-electron chi connectivity index (χ1n) is 5.33. The highest BCUT2D eigenvalue weighted by molar-refractivity contribution is 5.65. The molecular formula is C10H14N4O3. The van der Waals surface area contributed by atoms with Crippen molar-refractivity contribution in [1.82, 2.24) is 14.9 Å². The van der Waals surface area contributed by atoms with Crippen LogP contribution in [0.2, 0.25) is 0 Å². The van der Waals surface area contributed by atoms with Crippen LogP contribution in [0.5, 0.6) is 5.75 Å². The third-order valence-corrected chi connectivity index (χ3v) is 2.77. The smallest absolute Gasteiger partial charge is 0.407 e. The lowest BCUT2D eigenvalue weighted by molar-refractivity contribution is 0.142. The fraction of sp³-hybridized carbons (Fsp3) is 0.500. The molecule has 1 aliphatic rings. The highest BCUT2D eigenvalue weighted by Crippen LogP contribution is 2.16.